The molecule has 1 fully saturated rings. The fourth-order valence-corrected chi connectivity index (χ4v) is 1.61. The molecule has 0 amide bonds. The zero-order valence-electron chi connectivity index (χ0n) is 9.49. The number of nitrogens with one attached hydrogen (secondary N) is 1. The molecule has 0 spiro atoms. The molecule has 1 saturated carbocycles. The Morgan fingerprint density at radius 2 is 2.27 bits per heavy atom. The standard InChI is InChI=1S/C11H19N3O/c1-3-4-8(2)11-14-13-10(15-11)7-12-9-5-6-9/h8-9,12H,3-7H2,1-2H3. The molecule has 0 aliphatic heterocycles. The Kier molecular flexibility index (Phi) is 3.36. The van der Waals surface area contributed by atoms with Gasteiger partial charge in [-0.25, -0.2) is 0 Å². The number of rotatable bonds is 6. The maximum Gasteiger partial charge on any atom is 0.230 e. The molecule has 0 saturated heterocycles. The summed E-state index contributed by atoms with van der Waals surface area (Å²) in [5.41, 5.74) is 0. The summed E-state index contributed by atoms with van der Waals surface area (Å²) in [5, 5.41) is 11.5. The maximum atomic E-state index is 5.59. The second kappa shape index (κ2) is 4.75. The maximum absolute atomic E-state index is 5.59. The lowest BCUT2D eigenvalue weighted by atomic mass is 10.1. The Labute approximate surface area is 90.5 Å². The number of hydrogen-bond donors (Lipinski definition) is 1. The second-order valence-electron chi connectivity index (χ2n) is 4.38. The molecule has 1 heterocycles. The molecule has 0 radical (unpaired) electrons. The lowest BCUT2D eigenvalue weighted by molar-refractivity contribution is 0.401. The van der Waals surface area contributed by atoms with Crippen molar-refractivity contribution >= 4 is 0 Å². The van der Waals surface area contributed by atoms with Crippen LogP contribution in [0.1, 0.15) is 57.2 Å². The molecule has 1 aliphatic rings. The van der Waals surface area contributed by atoms with E-state index >= 15 is 0 Å². The Morgan fingerprint density at radius 1 is 1.47 bits per heavy atom. The van der Waals surface area contributed by atoms with E-state index in [0.29, 0.717) is 12.0 Å². The van der Waals surface area contributed by atoms with Gasteiger partial charge in [-0.1, -0.05) is 20.3 Å². The van der Waals surface area contributed by atoms with E-state index in [2.05, 4.69) is 29.4 Å². The van der Waals surface area contributed by atoms with Gasteiger partial charge in [0, 0.05) is 12.0 Å². The van der Waals surface area contributed by atoms with E-state index in [-0.39, 0.29) is 0 Å². The van der Waals surface area contributed by atoms with Gasteiger partial charge in [-0.2, -0.15) is 0 Å². The minimum atomic E-state index is 0.386. The SMILES string of the molecule is CCCC(C)c1nnc(CNC2CC2)o1. The fourth-order valence-electron chi connectivity index (χ4n) is 1.61. The van der Waals surface area contributed by atoms with E-state index in [1.54, 1.807) is 0 Å². The molecule has 0 bridgehead atoms. The fraction of sp³-hybridized carbons (Fsp3) is 0.818. The zero-order valence-corrected chi connectivity index (χ0v) is 9.49. The summed E-state index contributed by atoms with van der Waals surface area (Å²) in [5.74, 6) is 1.89. The first-order valence-electron chi connectivity index (χ1n) is 5.85. The Bertz CT molecular complexity index is 307. The van der Waals surface area contributed by atoms with Crippen LogP contribution in [-0.2, 0) is 6.54 Å². The summed E-state index contributed by atoms with van der Waals surface area (Å²) in [6.45, 7) is 5.02. The van der Waals surface area contributed by atoms with Gasteiger partial charge in [0.1, 0.15) is 0 Å². The van der Waals surface area contributed by atoms with Gasteiger partial charge < -0.3 is 9.73 Å². The molecular formula is C11H19N3O. The van der Waals surface area contributed by atoms with Gasteiger partial charge in [-0.15, -0.1) is 10.2 Å². The van der Waals surface area contributed by atoms with Crippen molar-refractivity contribution in [2.75, 3.05) is 0 Å². The first-order valence-corrected chi connectivity index (χ1v) is 5.85. The van der Waals surface area contributed by atoms with Crippen LogP contribution in [0.15, 0.2) is 4.42 Å². The van der Waals surface area contributed by atoms with Gasteiger partial charge in [-0.3, -0.25) is 0 Å². The van der Waals surface area contributed by atoms with Gasteiger partial charge in [0.25, 0.3) is 0 Å². The Morgan fingerprint density at radius 3 is 2.93 bits per heavy atom. The first kappa shape index (κ1) is 10.6. The Hall–Kier alpha value is -0.900. The smallest absolute Gasteiger partial charge is 0.230 e. The third kappa shape index (κ3) is 3.02. The van der Waals surface area contributed by atoms with Crippen LogP contribution in [0.5, 0.6) is 0 Å². The van der Waals surface area contributed by atoms with Crippen molar-refractivity contribution in [1.29, 1.82) is 0 Å². The van der Waals surface area contributed by atoms with Crippen molar-refractivity contribution in [2.24, 2.45) is 0 Å². The van der Waals surface area contributed by atoms with E-state index < -0.39 is 0 Å². The van der Waals surface area contributed by atoms with Crippen LogP contribution in [0.3, 0.4) is 0 Å². The van der Waals surface area contributed by atoms with Gasteiger partial charge in [0.05, 0.1) is 6.54 Å². The molecule has 1 atom stereocenters. The van der Waals surface area contributed by atoms with Crippen molar-refractivity contribution < 1.29 is 4.42 Å². The predicted octanol–water partition coefficient (Wildman–Crippen LogP) is 2.23. The minimum Gasteiger partial charge on any atom is -0.424 e. The third-order valence-electron chi connectivity index (χ3n) is 2.75. The highest BCUT2D eigenvalue weighted by molar-refractivity contribution is 4.90. The molecule has 1 unspecified atom stereocenters. The van der Waals surface area contributed by atoms with Crippen LogP contribution in [0.4, 0.5) is 0 Å². The average molecular weight is 209 g/mol. The van der Waals surface area contributed by atoms with Gasteiger partial charge in [0.2, 0.25) is 11.8 Å². The van der Waals surface area contributed by atoms with Gasteiger partial charge in [0.15, 0.2) is 0 Å². The van der Waals surface area contributed by atoms with E-state index in [4.69, 9.17) is 4.42 Å². The van der Waals surface area contributed by atoms with Crippen molar-refractivity contribution in [3.8, 4) is 0 Å². The van der Waals surface area contributed by atoms with Crippen LogP contribution in [0, 0.1) is 0 Å². The summed E-state index contributed by atoms with van der Waals surface area (Å²) in [7, 11) is 0. The summed E-state index contributed by atoms with van der Waals surface area (Å²) >= 11 is 0. The molecule has 1 N–H and O–H groups in total. The summed E-state index contributed by atoms with van der Waals surface area (Å²) in [6.07, 6.45) is 4.83. The van der Waals surface area contributed by atoms with Crippen molar-refractivity contribution in [2.45, 2.75) is 58.0 Å². The van der Waals surface area contributed by atoms with Crippen LogP contribution < -0.4 is 5.32 Å². The zero-order chi connectivity index (χ0) is 10.7. The summed E-state index contributed by atoms with van der Waals surface area (Å²) in [6, 6.07) is 0.688. The van der Waals surface area contributed by atoms with Crippen molar-refractivity contribution in [3.05, 3.63) is 11.8 Å². The monoisotopic (exact) mass is 209 g/mol. The molecule has 1 aromatic rings. The third-order valence-corrected chi connectivity index (χ3v) is 2.75. The van der Waals surface area contributed by atoms with Crippen LogP contribution >= 0.6 is 0 Å². The van der Waals surface area contributed by atoms with Crippen LogP contribution in [0.2, 0.25) is 0 Å². The second-order valence-corrected chi connectivity index (χ2v) is 4.38. The van der Waals surface area contributed by atoms with Crippen molar-refractivity contribution in [3.63, 3.8) is 0 Å². The Balaban J connectivity index is 1.84. The molecule has 4 heteroatoms. The topological polar surface area (TPSA) is 51.0 Å². The van der Waals surface area contributed by atoms with Crippen molar-refractivity contribution in [1.82, 2.24) is 15.5 Å². The number of aromatic nitrogens is 2. The molecule has 0 aromatic carbocycles. The largest absolute Gasteiger partial charge is 0.424 e. The van der Waals surface area contributed by atoms with E-state index in [9.17, 15) is 0 Å². The van der Waals surface area contributed by atoms with Crippen LogP contribution in [0.25, 0.3) is 0 Å². The summed E-state index contributed by atoms with van der Waals surface area (Å²) in [4.78, 5) is 0. The molecule has 4 nitrogen and oxygen atoms in total. The number of hydrogen-bond acceptors (Lipinski definition) is 4. The predicted molar refractivity (Wildman–Crippen MR) is 57.5 cm³/mol. The quantitative estimate of drug-likeness (QED) is 0.780. The molecule has 15 heavy (non-hydrogen) atoms. The highest BCUT2D eigenvalue weighted by Crippen LogP contribution is 2.21. The van der Waals surface area contributed by atoms with Gasteiger partial charge in [-0.05, 0) is 19.3 Å². The minimum absolute atomic E-state index is 0.386. The number of nitrogens with zero attached hydrogens (tertiary/aromatic N) is 2. The molecule has 84 valence electrons. The highest BCUT2D eigenvalue weighted by atomic mass is 16.4. The molecular weight excluding hydrogens is 190 g/mol. The van der Waals surface area contributed by atoms with E-state index in [1.807, 2.05) is 0 Å². The average Bonchev–Trinajstić information content (AvgIpc) is 2.93. The molecule has 1 aromatic heterocycles. The summed E-state index contributed by atoms with van der Waals surface area (Å²) < 4.78 is 5.59. The normalized spacial score (nSPS) is 18.0. The van der Waals surface area contributed by atoms with Gasteiger partial charge >= 0.3 is 0 Å². The van der Waals surface area contributed by atoms with E-state index in [1.165, 1.54) is 12.8 Å². The first-order chi connectivity index (χ1) is 7.29. The molecule has 1 aliphatic carbocycles. The molecule has 2 rings (SSSR count). The van der Waals surface area contributed by atoms with Crippen LogP contribution in [-0.4, -0.2) is 16.2 Å². The van der Waals surface area contributed by atoms with E-state index in [0.717, 1.165) is 31.2 Å². The lowest BCUT2D eigenvalue weighted by Gasteiger charge is -2.02. The lowest BCUT2D eigenvalue weighted by Crippen LogP contribution is -2.15. The highest BCUT2D eigenvalue weighted by Gasteiger charge is 2.21.